The first kappa shape index (κ1) is 11.0. The molecule has 2 N–H and O–H groups in total. The third kappa shape index (κ3) is 2.57. The minimum absolute atomic E-state index is 0.515. The normalized spacial score (nSPS) is 25.3. The number of hydrogen-bond donors (Lipinski definition) is 2. The fraction of sp³-hybridized carbons (Fsp3) is 0.692. The molecule has 1 unspecified atom stereocenters. The van der Waals surface area contributed by atoms with Crippen molar-refractivity contribution < 1.29 is 0 Å². The molecule has 92 valence electrons. The van der Waals surface area contributed by atoms with E-state index in [9.17, 15) is 0 Å². The molecule has 2 heterocycles. The fourth-order valence-electron chi connectivity index (χ4n) is 2.85. The van der Waals surface area contributed by atoms with Gasteiger partial charge in [-0.1, -0.05) is 12.8 Å². The molecule has 0 amide bonds. The van der Waals surface area contributed by atoms with Crippen molar-refractivity contribution in [2.45, 2.75) is 44.1 Å². The van der Waals surface area contributed by atoms with Crippen LogP contribution in [0.1, 0.15) is 43.7 Å². The molecule has 0 aromatic carbocycles. The summed E-state index contributed by atoms with van der Waals surface area (Å²) < 4.78 is 0. The molecule has 1 saturated heterocycles. The van der Waals surface area contributed by atoms with E-state index < -0.39 is 0 Å². The lowest BCUT2D eigenvalue weighted by atomic mass is 10.0. The summed E-state index contributed by atoms with van der Waals surface area (Å²) in [6, 6.07) is 4.74. The van der Waals surface area contributed by atoms with Crippen molar-refractivity contribution in [1.29, 1.82) is 0 Å². The fourth-order valence-corrected chi connectivity index (χ4v) is 2.85. The van der Waals surface area contributed by atoms with Gasteiger partial charge in [0.05, 0.1) is 5.69 Å². The second kappa shape index (κ2) is 5.00. The second-order valence-electron chi connectivity index (χ2n) is 5.16. The van der Waals surface area contributed by atoms with Gasteiger partial charge in [0.25, 0.3) is 0 Å². The van der Waals surface area contributed by atoms with E-state index in [4.69, 9.17) is 0 Å². The molecular formula is C13H20N4. The number of nitrogens with one attached hydrogen (secondary N) is 2. The number of nitrogens with zero attached hydrogens (tertiary/aromatic N) is 2. The maximum absolute atomic E-state index is 4.37. The number of anilines is 1. The summed E-state index contributed by atoms with van der Waals surface area (Å²) >= 11 is 0. The van der Waals surface area contributed by atoms with Crippen molar-refractivity contribution in [3.8, 4) is 0 Å². The molecule has 17 heavy (non-hydrogen) atoms. The first-order valence-electron chi connectivity index (χ1n) is 6.73. The van der Waals surface area contributed by atoms with E-state index in [1.807, 2.05) is 0 Å². The molecule has 1 saturated carbocycles. The zero-order valence-electron chi connectivity index (χ0n) is 10.2. The van der Waals surface area contributed by atoms with Crippen LogP contribution in [0.4, 0.5) is 5.82 Å². The van der Waals surface area contributed by atoms with Gasteiger partial charge in [0.15, 0.2) is 0 Å². The third-order valence-electron chi connectivity index (χ3n) is 3.87. The van der Waals surface area contributed by atoms with E-state index in [1.165, 1.54) is 37.8 Å². The van der Waals surface area contributed by atoms with E-state index in [1.54, 1.807) is 0 Å². The largest absolute Gasteiger partial charge is 0.365 e. The quantitative estimate of drug-likeness (QED) is 0.836. The molecule has 4 heteroatoms. The maximum Gasteiger partial charge on any atom is 0.148 e. The van der Waals surface area contributed by atoms with Gasteiger partial charge in [-0.3, -0.25) is 0 Å². The highest BCUT2D eigenvalue weighted by atomic mass is 15.2. The van der Waals surface area contributed by atoms with E-state index in [0.29, 0.717) is 12.0 Å². The van der Waals surface area contributed by atoms with Crippen LogP contribution in [0.5, 0.6) is 0 Å². The topological polar surface area (TPSA) is 49.8 Å². The van der Waals surface area contributed by atoms with E-state index in [-0.39, 0.29) is 0 Å². The van der Waals surface area contributed by atoms with Crippen LogP contribution in [0.25, 0.3) is 0 Å². The third-order valence-corrected chi connectivity index (χ3v) is 3.87. The average Bonchev–Trinajstić information content (AvgIpc) is 3.01. The van der Waals surface area contributed by atoms with Gasteiger partial charge in [0.1, 0.15) is 5.82 Å². The summed E-state index contributed by atoms with van der Waals surface area (Å²) in [6.07, 6.45) is 6.44. The molecule has 1 aromatic rings. The zero-order valence-corrected chi connectivity index (χ0v) is 10.2. The summed E-state index contributed by atoms with van der Waals surface area (Å²) in [5.74, 6) is 1.57. The van der Waals surface area contributed by atoms with Crippen molar-refractivity contribution in [1.82, 2.24) is 15.5 Å². The SMILES string of the molecule is c1cc(C2CCCC2)nnc1NC1CCNC1. The van der Waals surface area contributed by atoms with Crippen molar-refractivity contribution in [3.63, 3.8) is 0 Å². The Balaban J connectivity index is 1.62. The first-order valence-corrected chi connectivity index (χ1v) is 6.73. The maximum atomic E-state index is 4.37. The molecule has 0 spiro atoms. The van der Waals surface area contributed by atoms with Gasteiger partial charge in [-0.05, 0) is 37.9 Å². The summed E-state index contributed by atoms with van der Waals surface area (Å²) in [7, 11) is 0. The Morgan fingerprint density at radius 3 is 2.65 bits per heavy atom. The van der Waals surface area contributed by atoms with Crippen LogP contribution in [0, 0.1) is 0 Å². The predicted molar refractivity (Wildman–Crippen MR) is 68.1 cm³/mol. The Labute approximate surface area is 102 Å². The predicted octanol–water partition coefficient (Wildman–Crippen LogP) is 1.91. The van der Waals surface area contributed by atoms with E-state index >= 15 is 0 Å². The van der Waals surface area contributed by atoms with Crippen molar-refractivity contribution >= 4 is 5.82 Å². The van der Waals surface area contributed by atoms with Gasteiger partial charge in [0.2, 0.25) is 0 Å². The minimum Gasteiger partial charge on any atom is -0.365 e. The average molecular weight is 232 g/mol. The number of aromatic nitrogens is 2. The van der Waals surface area contributed by atoms with Gasteiger partial charge in [0, 0.05) is 18.5 Å². The highest BCUT2D eigenvalue weighted by Crippen LogP contribution is 2.32. The Bertz CT molecular complexity index is 350. The molecule has 1 aromatic heterocycles. The Hall–Kier alpha value is -1.16. The standard InChI is InChI=1S/C13H20N4/c1-2-4-10(3-1)12-5-6-13(17-16-12)15-11-7-8-14-9-11/h5-6,10-11,14H,1-4,7-9H2,(H,15,17). The Kier molecular flexibility index (Phi) is 3.22. The van der Waals surface area contributed by atoms with Crippen molar-refractivity contribution in [2.24, 2.45) is 0 Å². The van der Waals surface area contributed by atoms with Crippen LogP contribution in [-0.4, -0.2) is 29.3 Å². The smallest absolute Gasteiger partial charge is 0.148 e. The Morgan fingerprint density at radius 1 is 1.12 bits per heavy atom. The van der Waals surface area contributed by atoms with Crippen LogP contribution in [-0.2, 0) is 0 Å². The van der Waals surface area contributed by atoms with E-state index in [2.05, 4.69) is 33.0 Å². The van der Waals surface area contributed by atoms with Crippen LogP contribution in [0.3, 0.4) is 0 Å². The molecule has 0 radical (unpaired) electrons. The summed E-state index contributed by atoms with van der Waals surface area (Å²) in [6.45, 7) is 2.14. The number of hydrogen-bond acceptors (Lipinski definition) is 4. The van der Waals surface area contributed by atoms with Gasteiger partial charge in [-0.15, -0.1) is 5.10 Å². The summed E-state index contributed by atoms with van der Waals surface area (Å²) in [4.78, 5) is 0. The zero-order chi connectivity index (χ0) is 11.5. The lowest BCUT2D eigenvalue weighted by Gasteiger charge is -2.12. The van der Waals surface area contributed by atoms with Gasteiger partial charge in [-0.25, -0.2) is 0 Å². The lowest BCUT2D eigenvalue weighted by Crippen LogP contribution is -2.22. The van der Waals surface area contributed by atoms with Crippen LogP contribution >= 0.6 is 0 Å². The molecule has 2 aliphatic rings. The van der Waals surface area contributed by atoms with E-state index in [0.717, 1.165) is 18.9 Å². The molecule has 1 atom stereocenters. The molecular weight excluding hydrogens is 212 g/mol. The summed E-state index contributed by atoms with van der Waals surface area (Å²) in [5.41, 5.74) is 1.18. The van der Waals surface area contributed by atoms with Crippen LogP contribution < -0.4 is 10.6 Å². The molecule has 2 fully saturated rings. The molecule has 1 aliphatic heterocycles. The van der Waals surface area contributed by atoms with Crippen LogP contribution in [0.2, 0.25) is 0 Å². The lowest BCUT2D eigenvalue weighted by molar-refractivity contribution is 0.679. The van der Waals surface area contributed by atoms with Gasteiger partial charge >= 0.3 is 0 Å². The first-order chi connectivity index (χ1) is 8.42. The van der Waals surface area contributed by atoms with Crippen molar-refractivity contribution in [2.75, 3.05) is 18.4 Å². The Morgan fingerprint density at radius 2 is 2.00 bits per heavy atom. The molecule has 3 rings (SSSR count). The highest BCUT2D eigenvalue weighted by molar-refractivity contribution is 5.35. The number of rotatable bonds is 3. The highest BCUT2D eigenvalue weighted by Gasteiger charge is 2.19. The van der Waals surface area contributed by atoms with Gasteiger partial charge < -0.3 is 10.6 Å². The monoisotopic (exact) mass is 232 g/mol. The van der Waals surface area contributed by atoms with Crippen molar-refractivity contribution in [3.05, 3.63) is 17.8 Å². The van der Waals surface area contributed by atoms with Crippen LogP contribution in [0.15, 0.2) is 12.1 Å². The summed E-state index contributed by atoms with van der Waals surface area (Å²) in [5, 5.41) is 15.4. The molecule has 0 bridgehead atoms. The minimum atomic E-state index is 0.515. The molecule has 4 nitrogen and oxygen atoms in total. The van der Waals surface area contributed by atoms with Gasteiger partial charge in [-0.2, -0.15) is 5.10 Å². The second-order valence-corrected chi connectivity index (χ2v) is 5.16. The molecule has 1 aliphatic carbocycles.